The van der Waals surface area contributed by atoms with Crippen molar-refractivity contribution < 1.29 is 19.0 Å². The van der Waals surface area contributed by atoms with Crippen LogP contribution in [-0.4, -0.2) is 16.7 Å². The van der Waals surface area contributed by atoms with E-state index in [4.69, 9.17) is 10.00 Å². The molecule has 0 amide bonds. The van der Waals surface area contributed by atoms with Gasteiger partial charge in [-0.3, -0.25) is 0 Å². The van der Waals surface area contributed by atoms with Gasteiger partial charge in [0.25, 0.3) is 0 Å². The fraction of sp³-hybridized carbons (Fsp3) is 0.385. The smallest absolute Gasteiger partial charge is 0.348 e. The Labute approximate surface area is 104 Å². The van der Waals surface area contributed by atoms with E-state index in [9.17, 15) is 14.3 Å². The third-order valence-corrected chi connectivity index (χ3v) is 3.19. The normalized spacial score (nSPS) is 17.6. The third-order valence-electron chi connectivity index (χ3n) is 3.19. The van der Waals surface area contributed by atoms with Crippen LogP contribution in [0.25, 0.3) is 0 Å². The van der Waals surface area contributed by atoms with Gasteiger partial charge in [0.15, 0.2) is 0 Å². The molecule has 0 saturated heterocycles. The third kappa shape index (κ3) is 2.02. The molecule has 4 nitrogen and oxygen atoms in total. The zero-order valence-electron chi connectivity index (χ0n) is 9.81. The van der Waals surface area contributed by atoms with Gasteiger partial charge in [0, 0.05) is 5.92 Å². The molecule has 1 fully saturated rings. The molecular formula is C13H12FNO3. The molecule has 5 heteroatoms. The molecule has 0 spiro atoms. The van der Waals surface area contributed by atoms with E-state index in [-0.39, 0.29) is 17.2 Å². The number of rotatable bonds is 4. The van der Waals surface area contributed by atoms with Crippen molar-refractivity contribution in [3.8, 4) is 11.8 Å². The fourth-order valence-electron chi connectivity index (χ4n) is 1.86. The number of benzene rings is 1. The zero-order chi connectivity index (χ0) is 13.3. The first kappa shape index (κ1) is 12.4. The van der Waals surface area contributed by atoms with E-state index in [1.54, 1.807) is 6.07 Å². The van der Waals surface area contributed by atoms with E-state index < -0.39 is 17.4 Å². The molecule has 18 heavy (non-hydrogen) atoms. The largest absolute Gasteiger partial charge is 0.478 e. The minimum absolute atomic E-state index is 0.0192. The average molecular weight is 249 g/mol. The van der Waals surface area contributed by atoms with Crippen LogP contribution in [-0.2, 0) is 4.79 Å². The molecule has 1 aromatic carbocycles. The van der Waals surface area contributed by atoms with E-state index in [2.05, 4.69) is 0 Å². The summed E-state index contributed by atoms with van der Waals surface area (Å²) in [5.41, 5.74) is -1.66. The van der Waals surface area contributed by atoms with Crippen LogP contribution in [0.2, 0.25) is 0 Å². The summed E-state index contributed by atoms with van der Waals surface area (Å²) in [5.74, 6) is -1.92. The number of aliphatic carboxylic acids is 1. The Kier molecular flexibility index (Phi) is 2.95. The van der Waals surface area contributed by atoms with Crippen molar-refractivity contribution in [3.63, 3.8) is 0 Å². The van der Waals surface area contributed by atoms with Gasteiger partial charge in [0.2, 0.25) is 5.60 Å². The van der Waals surface area contributed by atoms with Crippen LogP contribution in [0.1, 0.15) is 25.3 Å². The first-order valence-electron chi connectivity index (χ1n) is 5.60. The van der Waals surface area contributed by atoms with Gasteiger partial charge in [-0.2, -0.15) is 5.26 Å². The monoisotopic (exact) mass is 249 g/mol. The lowest BCUT2D eigenvalue weighted by Gasteiger charge is -2.26. The SMILES string of the molecule is CC(Oc1cccc(F)c1C#N)(C(=O)O)C1CC1. The van der Waals surface area contributed by atoms with Gasteiger partial charge < -0.3 is 9.84 Å². The van der Waals surface area contributed by atoms with Gasteiger partial charge in [-0.1, -0.05) is 6.07 Å². The minimum atomic E-state index is -1.40. The fourth-order valence-corrected chi connectivity index (χ4v) is 1.86. The summed E-state index contributed by atoms with van der Waals surface area (Å²) in [7, 11) is 0. The maximum atomic E-state index is 13.4. The molecule has 0 bridgehead atoms. The number of hydrogen-bond donors (Lipinski definition) is 1. The maximum Gasteiger partial charge on any atom is 0.348 e. The predicted octanol–water partition coefficient (Wildman–Crippen LogP) is 2.33. The average Bonchev–Trinajstić information content (AvgIpc) is 3.13. The quantitative estimate of drug-likeness (QED) is 0.889. The highest BCUT2D eigenvalue weighted by molar-refractivity contribution is 5.78. The standard InChI is InChI=1S/C13H12FNO3/c1-13(12(16)17,8-5-6-8)18-11-4-2-3-10(14)9(11)7-15/h2-4,8H,5-6H2,1H3,(H,16,17). The van der Waals surface area contributed by atoms with Crippen LogP contribution in [0.5, 0.6) is 5.75 Å². The van der Waals surface area contributed by atoms with Crippen molar-refractivity contribution in [1.29, 1.82) is 5.26 Å². The highest BCUT2D eigenvalue weighted by Crippen LogP contribution is 2.43. The van der Waals surface area contributed by atoms with Crippen LogP contribution in [0.15, 0.2) is 18.2 Å². The van der Waals surface area contributed by atoms with Crippen molar-refractivity contribution in [1.82, 2.24) is 0 Å². The Morgan fingerprint density at radius 2 is 2.28 bits per heavy atom. The molecule has 0 aliphatic heterocycles. The molecule has 1 atom stereocenters. The van der Waals surface area contributed by atoms with E-state index in [1.165, 1.54) is 19.1 Å². The van der Waals surface area contributed by atoms with Crippen LogP contribution < -0.4 is 4.74 Å². The second-order valence-electron chi connectivity index (χ2n) is 4.51. The number of nitrogens with zero attached hydrogens (tertiary/aromatic N) is 1. The molecule has 94 valence electrons. The molecule has 1 aliphatic rings. The molecule has 0 aromatic heterocycles. The van der Waals surface area contributed by atoms with Crippen molar-refractivity contribution >= 4 is 5.97 Å². The van der Waals surface area contributed by atoms with Crippen LogP contribution in [0, 0.1) is 23.1 Å². The Balaban J connectivity index is 2.36. The summed E-state index contributed by atoms with van der Waals surface area (Å²) in [5, 5.41) is 18.1. The lowest BCUT2D eigenvalue weighted by Crippen LogP contribution is -2.43. The number of nitriles is 1. The van der Waals surface area contributed by atoms with Crippen molar-refractivity contribution in [2.75, 3.05) is 0 Å². The molecular weight excluding hydrogens is 237 g/mol. The molecule has 0 radical (unpaired) electrons. The molecule has 0 heterocycles. The number of halogens is 1. The second-order valence-corrected chi connectivity index (χ2v) is 4.51. The molecule has 1 aromatic rings. The molecule has 1 saturated carbocycles. The maximum absolute atomic E-state index is 13.4. The summed E-state index contributed by atoms with van der Waals surface area (Å²) in [4.78, 5) is 11.3. The Hall–Kier alpha value is -2.09. The van der Waals surface area contributed by atoms with Gasteiger partial charge in [-0.15, -0.1) is 0 Å². The molecule has 1 N–H and O–H groups in total. The van der Waals surface area contributed by atoms with Crippen molar-refractivity contribution in [2.24, 2.45) is 5.92 Å². The summed E-state index contributed by atoms with van der Waals surface area (Å²) >= 11 is 0. The number of carboxylic acids is 1. The first-order chi connectivity index (χ1) is 8.49. The van der Waals surface area contributed by atoms with Crippen LogP contribution >= 0.6 is 0 Å². The molecule has 2 rings (SSSR count). The summed E-state index contributed by atoms with van der Waals surface area (Å²) in [6, 6.07) is 5.63. The zero-order valence-corrected chi connectivity index (χ0v) is 9.81. The van der Waals surface area contributed by atoms with Gasteiger partial charge in [-0.25, -0.2) is 9.18 Å². The van der Waals surface area contributed by atoms with Crippen LogP contribution in [0.3, 0.4) is 0 Å². The highest BCUT2D eigenvalue weighted by Gasteiger charge is 2.50. The van der Waals surface area contributed by atoms with Gasteiger partial charge >= 0.3 is 5.97 Å². The van der Waals surface area contributed by atoms with Gasteiger partial charge in [0.1, 0.15) is 23.2 Å². The van der Waals surface area contributed by atoms with Crippen molar-refractivity contribution in [2.45, 2.75) is 25.4 Å². The first-order valence-corrected chi connectivity index (χ1v) is 5.60. The van der Waals surface area contributed by atoms with E-state index >= 15 is 0 Å². The lowest BCUT2D eigenvalue weighted by atomic mass is 10.0. The summed E-state index contributed by atoms with van der Waals surface area (Å²) in [6.45, 7) is 1.46. The predicted molar refractivity (Wildman–Crippen MR) is 60.5 cm³/mol. The molecule has 1 unspecified atom stereocenters. The minimum Gasteiger partial charge on any atom is -0.478 e. The number of carboxylic acid groups (broad SMARTS) is 1. The van der Waals surface area contributed by atoms with Crippen LogP contribution in [0.4, 0.5) is 4.39 Å². The van der Waals surface area contributed by atoms with Crippen molar-refractivity contribution in [3.05, 3.63) is 29.6 Å². The number of hydrogen-bond acceptors (Lipinski definition) is 3. The summed E-state index contributed by atoms with van der Waals surface area (Å²) in [6.07, 6.45) is 1.53. The Morgan fingerprint density at radius 1 is 1.61 bits per heavy atom. The second kappa shape index (κ2) is 4.30. The number of carbonyl (C=O) groups is 1. The topological polar surface area (TPSA) is 70.3 Å². The van der Waals surface area contributed by atoms with Gasteiger partial charge in [-0.05, 0) is 31.9 Å². The number of ether oxygens (including phenoxy) is 1. The summed E-state index contributed by atoms with van der Waals surface area (Å²) < 4.78 is 18.8. The van der Waals surface area contributed by atoms with E-state index in [0.717, 1.165) is 18.9 Å². The van der Waals surface area contributed by atoms with Gasteiger partial charge in [0.05, 0.1) is 0 Å². The van der Waals surface area contributed by atoms with E-state index in [0.29, 0.717) is 0 Å². The highest BCUT2D eigenvalue weighted by atomic mass is 19.1. The Morgan fingerprint density at radius 3 is 2.78 bits per heavy atom. The molecule has 1 aliphatic carbocycles. The lowest BCUT2D eigenvalue weighted by molar-refractivity contribution is -0.155. The van der Waals surface area contributed by atoms with E-state index in [1.807, 2.05) is 0 Å². The Bertz CT molecular complexity index is 534.